The van der Waals surface area contributed by atoms with Gasteiger partial charge in [-0.25, -0.2) is 4.98 Å². The molecule has 134 valence electrons. The van der Waals surface area contributed by atoms with Crippen LogP contribution in [0.25, 0.3) is 0 Å². The molecule has 7 nitrogen and oxygen atoms in total. The van der Waals surface area contributed by atoms with Crippen LogP contribution in [0.5, 0.6) is 0 Å². The van der Waals surface area contributed by atoms with Crippen LogP contribution in [0.2, 0.25) is 0 Å². The number of aryl methyl sites for hydroxylation is 2. The first-order valence-electron chi connectivity index (χ1n) is 8.87. The molecule has 1 N–H and O–H groups in total. The van der Waals surface area contributed by atoms with Gasteiger partial charge in [-0.15, -0.1) is 0 Å². The van der Waals surface area contributed by atoms with Crippen molar-refractivity contribution in [3.8, 4) is 0 Å². The fourth-order valence-electron chi connectivity index (χ4n) is 3.21. The summed E-state index contributed by atoms with van der Waals surface area (Å²) in [5, 5.41) is 3.23. The molecule has 0 spiro atoms. The monoisotopic (exact) mass is 336 g/mol. The molecule has 0 bridgehead atoms. The first-order valence-corrected chi connectivity index (χ1v) is 8.87. The van der Waals surface area contributed by atoms with E-state index in [-0.39, 0.29) is 12.0 Å². The molecule has 1 amide bonds. The van der Waals surface area contributed by atoms with Crippen molar-refractivity contribution in [1.29, 1.82) is 0 Å². The smallest absolute Gasteiger partial charge is 0.236 e. The minimum absolute atomic E-state index is 0.176. The third-order valence-electron chi connectivity index (χ3n) is 4.83. The van der Waals surface area contributed by atoms with E-state index in [2.05, 4.69) is 15.2 Å². The SMILES string of the molecule is Cc1nc(CN2CCN(C(=O)CNCC3CCCO3)CC2)oc1C. The molecule has 3 rings (SSSR count). The van der Waals surface area contributed by atoms with E-state index in [1.54, 1.807) is 0 Å². The van der Waals surface area contributed by atoms with E-state index in [4.69, 9.17) is 9.15 Å². The van der Waals surface area contributed by atoms with E-state index in [1.165, 1.54) is 0 Å². The van der Waals surface area contributed by atoms with Crippen LogP contribution in [-0.4, -0.2) is 72.7 Å². The number of ether oxygens (including phenoxy) is 1. The number of rotatable bonds is 6. The molecule has 3 heterocycles. The molecule has 2 aliphatic heterocycles. The van der Waals surface area contributed by atoms with E-state index in [0.717, 1.165) is 69.5 Å². The van der Waals surface area contributed by atoms with Crippen LogP contribution in [0.1, 0.15) is 30.2 Å². The summed E-state index contributed by atoms with van der Waals surface area (Å²) >= 11 is 0. The maximum atomic E-state index is 12.3. The Bertz CT molecular complexity index is 527. The highest BCUT2D eigenvalue weighted by Gasteiger charge is 2.22. The lowest BCUT2D eigenvalue weighted by Crippen LogP contribution is -2.50. The fraction of sp³-hybridized carbons (Fsp3) is 0.765. The maximum Gasteiger partial charge on any atom is 0.236 e. The highest BCUT2D eigenvalue weighted by atomic mass is 16.5. The topological polar surface area (TPSA) is 70.8 Å². The second kappa shape index (κ2) is 8.09. The lowest BCUT2D eigenvalue weighted by Gasteiger charge is -2.34. The van der Waals surface area contributed by atoms with Gasteiger partial charge in [-0.1, -0.05) is 0 Å². The summed E-state index contributed by atoms with van der Waals surface area (Å²) in [6, 6.07) is 0. The highest BCUT2D eigenvalue weighted by molar-refractivity contribution is 5.78. The molecule has 1 aromatic rings. The lowest BCUT2D eigenvalue weighted by molar-refractivity contribution is -0.132. The van der Waals surface area contributed by atoms with Crippen molar-refractivity contribution in [2.24, 2.45) is 0 Å². The van der Waals surface area contributed by atoms with Crippen molar-refractivity contribution in [1.82, 2.24) is 20.1 Å². The number of oxazole rings is 1. The molecule has 1 atom stereocenters. The van der Waals surface area contributed by atoms with Gasteiger partial charge in [0, 0.05) is 39.3 Å². The number of nitrogens with zero attached hydrogens (tertiary/aromatic N) is 3. The number of carbonyl (C=O) groups is 1. The number of amides is 1. The zero-order valence-corrected chi connectivity index (χ0v) is 14.7. The molecule has 0 radical (unpaired) electrons. The Morgan fingerprint density at radius 1 is 1.29 bits per heavy atom. The van der Waals surface area contributed by atoms with Crippen molar-refractivity contribution < 1.29 is 13.9 Å². The quantitative estimate of drug-likeness (QED) is 0.825. The molecular weight excluding hydrogens is 308 g/mol. The van der Waals surface area contributed by atoms with Gasteiger partial charge in [0.15, 0.2) is 0 Å². The standard InChI is InChI=1S/C17H28N4O3/c1-13-14(2)24-16(19-13)12-20-5-7-21(8-6-20)17(22)11-18-10-15-4-3-9-23-15/h15,18H,3-12H2,1-2H3. The summed E-state index contributed by atoms with van der Waals surface area (Å²) in [6.45, 7) is 9.88. The van der Waals surface area contributed by atoms with Crippen LogP contribution in [0.3, 0.4) is 0 Å². The van der Waals surface area contributed by atoms with Crippen molar-refractivity contribution in [2.45, 2.75) is 39.3 Å². The molecule has 2 aliphatic rings. The minimum atomic E-state index is 0.176. The van der Waals surface area contributed by atoms with Gasteiger partial charge in [-0.05, 0) is 26.7 Å². The zero-order chi connectivity index (χ0) is 16.9. The van der Waals surface area contributed by atoms with Gasteiger partial charge in [0.1, 0.15) is 5.76 Å². The van der Waals surface area contributed by atoms with Crippen LogP contribution < -0.4 is 5.32 Å². The van der Waals surface area contributed by atoms with Crippen LogP contribution >= 0.6 is 0 Å². The summed E-state index contributed by atoms with van der Waals surface area (Å²) in [6.07, 6.45) is 2.51. The first-order chi connectivity index (χ1) is 11.6. The average molecular weight is 336 g/mol. The van der Waals surface area contributed by atoms with Crippen LogP contribution in [-0.2, 0) is 16.1 Å². The lowest BCUT2D eigenvalue weighted by atomic mass is 10.2. The number of hydrogen-bond acceptors (Lipinski definition) is 6. The number of carbonyl (C=O) groups excluding carboxylic acids is 1. The normalized spacial score (nSPS) is 22.2. The van der Waals surface area contributed by atoms with Gasteiger partial charge in [0.05, 0.1) is 24.9 Å². The maximum absolute atomic E-state index is 12.3. The van der Waals surface area contributed by atoms with Gasteiger partial charge in [0.25, 0.3) is 0 Å². The summed E-state index contributed by atoms with van der Waals surface area (Å²) in [5.74, 6) is 1.83. The van der Waals surface area contributed by atoms with E-state index in [1.807, 2.05) is 18.7 Å². The molecule has 7 heteroatoms. The third-order valence-corrected chi connectivity index (χ3v) is 4.83. The second-order valence-corrected chi connectivity index (χ2v) is 6.67. The average Bonchev–Trinajstić information content (AvgIpc) is 3.18. The summed E-state index contributed by atoms with van der Waals surface area (Å²) in [4.78, 5) is 20.9. The molecule has 2 fully saturated rings. The Labute approximate surface area is 143 Å². The fourth-order valence-corrected chi connectivity index (χ4v) is 3.21. The van der Waals surface area contributed by atoms with Gasteiger partial charge in [-0.3, -0.25) is 9.69 Å². The predicted molar refractivity (Wildman–Crippen MR) is 89.7 cm³/mol. The van der Waals surface area contributed by atoms with Gasteiger partial charge < -0.3 is 19.4 Å². The molecule has 2 saturated heterocycles. The third kappa shape index (κ3) is 4.55. The Balaban J connectivity index is 1.35. The molecular formula is C17H28N4O3. The van der Waals surface area contributed by atoms with Gasteiger partial charge in [-0.2, -0.15) is 0 Å². The Morgan fingerprint density at radius 2 is 2.08 bits per heavy atom. The molecule has 1 aromatic heterocycles. The van der Waals surface area contributed by atoms with Crippen LogP contribution in [0, 0.1) is 13.8 Å². The van der Waals surface area contributed by atoms with E-state index in [0.29, 0.717) is 13.1 Å². The highest BCUT2D eigenvalue weighted by Crippen LogP contribution is 2.13. The van der Waals surface area contributed by atoms with Crippen molar-refractivity contribution in [3.63, 3.8) is 0 Å². The summed E-state index contributed by atoms with van der Waals surface area (Å²) in [7, 11) is 0. The van der Waals surface area contributed by atoms with Crippen molar-refractivity contribution in [3.05, 3.63) is 17.3 Å². The largest absolute Gasteiger partial charge is 0.444 e. The Hall–Kier alpha value is -1.44. The molecule has 24 heavy (non-hydrogen) atoms. The molecule has 0 aromatic carbocycles. The summed E-state index contributed by atoms with van der Waals surface area (Å²) < 4.78 is 11.2. The van der Waals surface area contributed by atoms with Gasteiger partial charge in [0.2, 0.25) is 11.8 Å². The van der Waals surface area contributed by atoms with E-state index < -0.39 is 0 Å². The zero-order valence-electron chi connectivity index (χ0n) is 14.7. The predicted octanol–water partition coefficient (Wildman–Crippen LogP) is 0.704. The van der Waals surface area contributed by atoms with Crippen molar-refractivity contribution >= 4 is 5.91 Å². The second-order valence-electron chi connectivity index (χ2n) is 6.67. The number of aromatic nitrogens is 1. The van der Waals surface area contributed by atoms with E-state index in [9.17, 15) is 4.79 Å². The molecule has 0 aliphatic carbocycles. The molecule has 1 unspecified atom stereocenters. The van der Waals surface area contributed by atoms with E-state index >= 15 is 0 Å². The Kier molecular flexibility index (Phi) is 5.86. The minimum Gasteiger partial charge on any atom is -0.444 e. The first kappa shape index (κ1) is 17.4. The van der Waals surface area contributed by atoms with Gasteiger partial charge >= 0.3 is 0 Å². The Morgan fingerprint density at radius 3 is 2.71 bits per heavy atom. The van der Waals surface area contributed by atoms with Crippen molar-refractivity contribution in [2.75, 3.05) is 45.9 Å². The number of hydrogen-bond donors (Lipinski definition) is 1. The number of nitrogens with one attached hydrogen (secondary N) is 1. The summed E-state index contributed by atoms with van der Waals surface area (Å²) in [5.41, 5.74) is 0.955. The number of piperazine rings is 1. The van der Waals surface area contributed by atoms with Crippen LogP contribution in [0.4, 0.5) is 0 Å². The van der Waals surface area contributed by atoms with Crippen LogP contribution in [0.15, 0.2) is 4.42 Å². The molecule has 0 saturated carbocycles.